The molecular formula is C14H18N2O. The highest BCUT2D eigenvalue weighted by molar-refractivity contribution is 5.92. The molecule has 2 aromatic rings. The molecule has 0 radical (unpaired) electrons. The van der Waals surface area contributed by atoms with Crippen molar-refractivity contribution < 1.29 is 4.74 Å². The van der Waals surface area contributed by atoms with Crippen LogP contribution in [0.15, 0.2) is 24.3 Å². The summed E-state index contributed by atoms with van der Waals surface area (Å²) < 4.78 is 5.20. The largest absolute Gasteiger partial charge is 0.398 e. The lowest BCUT2D eigenvalue weighted by Gasteiger charge is -2.11. The fraction of sp³-hybridized carbons (Fsp3) is 0.357. The van der Waals surface area contributed by atoms with Crippen molar-refractivity contribution in [2.75, 3.05) is 12.8 Å². The van der Waals surface area contributed by atoms with Gasteiger partial charge < -0.3 is 10.5 Å². The van der Waals surface area contributed by atoms with E-state index in [0.717, 1.165) is 27.8 Å². The molecule has 2 rings (SSSR count). The van der Waals surface area contributed by atoms with Gasteiger partial charge in [-0.05, 0) is 12.0 Å². The number of ether oxygens (including phenoxy) is 1. The first-order valence-electron chi connectivity index (χ1n) is 5.80. The summed E-state index contributed by atoms with van der Waals surface area (Å²) in [5, 5.41) is 1.00. The first kappa shape index (κ1) is 11.9. The van der Waals surface area contributed by atoms with Crippen LogP contribution in [-0.4, -0.2) is 12.1 Å². The van der Waals surface area contributed by atoms with Crippen LogP contribution in [0.5, 0.6) is 0 Å². The predicted octanol–water partition coefficient (Wildman–Crippen LogP) is 3.09. The lowest BCUT2D eigenvalue weighted by molar-refractivity contribution is 0.186. The van der Waals surface area contributed by atoms with Crippen LogP contribution in [0, 0.1) is 0 Å². The lowest BCUT2D eigenvalue weighted by atomic mass is 10.0. The number of rotatable bonds is 3. The van der Waals surface area contributed by atoms with Crippen LogP contribution in [0.25, 0.3) is 10.9 Å². The number of methoxy groups -OCH3 is 1. The summed E-state index contributed by atoms with van der Waals surface area (Å²) in [5.74, 6) is 0.373. The third-order valence-corrected chi connectivity index (χ3v) is 2.87. The van der Waals surface area contributed by atoms with Crippen LogP contribution in [0.4, 0.5) is 5.69 Å². The topological polar surface area (TPSA) is 48.1 Å². The zero-order chi connectivity index (χ0) is 12.4. The minimum absolute atomic E-state index is 0.373. The van der Waals surface area contributed by atoms with Crippen LogP contribution in [0.3, 0.4) is 0 Å². The van der Waals surface area contributed by atoms with Gasteiger partial charge in [0.05, 0.1) is 12.1 Å². The first-order valence-corrected chi connectivity index (χ1v) is 5.80. The summed E-state index contributed by atoms with van der Waals surface area (Å²) in [6.07, 6.45) is 0. The highest BCUT2D eigenvalue weighted by atomic mass is 16.5. The summed E-state index contributed by atoms with van der Waals surface area (Å²) in [4.78, 5) is 4.69. The molecule has 0 bridgehead atoms. The zero-order valence-electron chi connectivity index (χ0n) is 10.5. The SMILES string of the molecule is COCc1cccc2c(N)cc(C(C)C)nc12. The van der Waals surface area contributed by atoms with Crippen LogP contribution in [0.1, 0.15) is 31.0 Å². The normalized spacial score (nSPS) is 11.3. The van der Waals surface area contributed by atoms with E-state index in [2.05, 4.69) is 13.8 Å². The summed E-state index contributed by atoms with van der Waals surface area (Å²) in [6, 6.07) is 7.98. The highest BCUT2D eigenvalue weighted by Crippen LogP contribution is 2.26. The predicted molar refractivity (Wildman–Crippen MR) is 71.0 cm³/mol. The van der Waals surface area contributed by atoms with E-state index in [0.29, 0.717) is 12.5 Å². The first-order chi connectivity index (χ1) is 8.13. The Hall–Kier alpha value is -1.61. The molecular weight excluding hydrogens is 212 g/mol. The van der Waals surface area contributed by atoms with Crippen LogP contribution in [0.2, 0.25) is 0 Å². The van der Waals surface area contributed by atoms with E-state index in [9.17, 15) is 0 Å². The number of fused-ring (bicyclic) bond motifs is 1. The molecule has 0 amide bonds. The number of pyridine rings is 1. The Labute approximate surface area is 102 Å². The molecule has 1 aromatic carbocycles. The quantitative estimate of drug-likeness (QED) is 0.881. The Kier molecular flexibility index (Phi) is 3.29. The lowest BCUT2D eigenvalue weighted by Crippen LogP contribution is -2.00. The summed E-state index contributed by atoms with van der Waals surface area (Å²) in [5.41, 5.74) is 9.93. The monoisotopic (exact) mass is 230 g/mol. The number of aromatic nitrogens is 1. The molecule has 0 atom stereocenters. The molecule has 0 saturated heterocycles. The van der Waals surface area contributed by atoms with Gasteiger partial charge >= 0.3 is 0 Å². The molecule has 0 aliphatic carbocycles. The Morgan fingerprint density at radius 2 is 2.12 bits per heavy atom. The maximum atomic E-state index is 6.08. The Morgan fingerprint density at radius 3 is 2.76 bits per heavy atom. The molecule has 0 unspecified atom stereocenters. The zero-order valence-corrected chi connectivity index (χ0v) is 10.5. The van der Waals surface area contributed by atoms with E-state index >= 15 is 0 Å². The van der Waals surface area contributed by atoms with Gasteiger partial charge in [0.1, 0.15) is 0 Å². The smallest absolute Gasteiger partial charge is 0.0781 e. The minimum Gasteiger partial charge on any atom is -0.398 e. The number of nitrogens with zero attached hydrogens (tertiary/aromatic N) is 1. The number of hydrogen-bond acceptors (Lipinski definition) is 3. The van der Waals surface area contributed by atoms with E-state index in [1.807, 2.05) is 24.3 Å². The van der Waals surface area contributed by atoms with E-state index in [1.165, 1.54) is 0 Å². The van der Waals surface area contributed by atoms with E-state index in [-0.39, 0.29) is 0 Å². The molecule has 0 aliphatic heterocycles. The molecule has 0 aliphatic rings. The second-order valence-corrected chi connectivity index (χ2v) is 4.54. The fourth-order valence-electron chi connectivity index (χ4n) is 1.92. The second kappa shape index (κ2) is 4.72. The standard InChI is InChI=1S/C14H18N2O/c1-9(2)13-7-12(15)11-6-4-5-10(8-17-3)14(11)16-13/h4-7,9H,8H2,1-3H3,(H2,15,16). The van der Waals surface area contributed by atoms with Crippen molar-refractivity contribution in [3.05, 3.63) is 35.5 Å². The molecule has 0 spiro atoms. The van der Waals surface area contributed by atoms with Crippen molar-refractivity contribution in [3.8, 4) is 0 Å². The number of anilines is 1. The molecule has 0 fully saturated rings. The average molecular weight is 230 g/mol. The minimum atomic E-state index is 0.373. The Bertz CT molecular complexity index is 535. The number of nitrogen functional groups attached to an aromatic ring is 1. The Balaban J connectivity index is 2.69. The molecule has 0 saturated carbocycles. The van der Waals surface area contributed by atoms with Crippen molar-refractivity contribution >= 4 is 16.6 Å². The molecule has 3 nitrogen and oxygen atoms in total. The van der Waals surface area contributed by atoms with Crippen molar-refractivity contribution in [2.24, 2.45) is 0 Å². The van der Waals surface area contributed by atoms with Crippen LogP contribution >= 0.6 is 0 Å². The van der Waals surface area contributed by atoms with Gasteiger partial charge in [0.25, 0.3) is 0 Å². The van der Waals surface area contributed by atoms with Gasteiger partial charge in [0.15, 0.2) is 0 Å². The number of nitrogens with two attached hydrogens (primary N) is 1. The van der Waals surface area contributed by atoms with Crippen molar-refractivity contribution in [3.63, 3.8) is 0 Å². The van der Waals surface area contributed by atoms with Crippen molar-refractivity contribution in [1.29, 1.82) is 0 Å². The number of hydrogen-bond donors (Lipinski definition) is 1. The van der Waals surface area contributed by atoms with Gasteiger partial charge in [-0.15, -0.1) is 0 Å². The number of para-hydroxylation sites is 1. The van der Waals surface area contributed by atoms with Gasteiger partial charge in [-0.25, -0.2) is 0 Å². The van der Waals surface area contributed by atoms with E-state index in [4.69, 9.17) is 15.5 Å². The van der Waals surface area contributed by atoms with Gasteiger partial charge in [0, 0.05) is 29.4 Å². The molecule has 2 N–H and O–H groups in total. The van der Waals surface area contributed by atoms with Gasteiger partial charge in [-0.1, -0.05) is 32.0 Å². The van der Waals surface area contributed by atoms with Crippen LogP contribution < -0.4 is 5.73 Å². The van der Waals surface area contributed by atoms with Gasteiger partial charge in [-0.2, -0.15) is 0 Å². The van der Waals surface area contributed by atoms with Crippen molar-refractivity contribution in [2.45, 2.75) is 26.4 Å². The maximum Gasteiger partial charge on any atom is 0.0781 e. The third-order valence-electron chi connectivity index (χ3n) is 2.87. The van der Waals surface area contributed by atoms with Crippen LogP contribution in [-0.2, 0) is 11.3 Å². The molecule has 1 aromatic heterocycles. The maximum absolute atomic E-state index is 6.08. The van der Waals surface area contributed by atoms with E-state index < -0.39 is 0 Å². The van der Waals surface area contributed by atoms with Gasteiger partial charge in [0.2, 0.25) is 0 Å². The van der Waals surface area contributed by atoms with Gasteiger partial charge in [-0.3, -0.25) is 4.98 Å². The summed E-state index contributed by atoms with van der Waals surface area (Å²) >= 11 is 0. The van der Waals surface area contributed by atoms with Crippen molar-refractivity contribution in [1.82, 2.24) is 4.98 Å². The molecule has 1 heterocycles. The third kappa shape index (κ3) is 2.24. The fourth-order valence-corrected chi connectivity index (χ4v) is 1.92. The molecule has 90 valence electrons. The Morgan fingerprint density at radius 1 is 1.35 bits per heavy atom. The second-order valence-electron chi connectivity index (χ2n) is 4.54. The summed E-state index contributed by atoms with van der Waals surface area (Å²) in [6.45, 7) is 4.80. The molecule has 17 heavy (non-hydrogen) atoms. The number of benzene rings is 1. The molecule has 3 heteroatoms. The summed E-state index contributed by atoms with van der Waals surface area (Å²) in [7, 11) is 1.69. The van der Waals surface area contributed by atoms with E-state index in [1.54, 1.807) is 7.11 Å². The average Bonchev–Trinajstić information content (AvgIpc) is 2.30. The highest BCUT2D eigenvalue weighted by Gasteiger charge is 2.09.